The van der Waals surface area contributed by atoms with Crippen LogP contribution in [0.4, 0.5) is 10.1 Å². The van der Waals surface area contributed by atoms with Crippen molar-refractivity contribution in [2.75, 3.05) is 32.2 Å². The summed E-state index contributed by atoms with van der Waals surface area (Å²) in [6.45, 7) is 1.63. The largest absolute Gasteiger partial charge is 0.469 e. The van der Waals surface area contributed by atoms with E-state index >= 15 is 0 Å². The molecule has 0 spiro atoms. The first-order valence-corrected chi connectivity index (χ1v) is 11.2. The number of esters is 2. The van der Waals surface area contributed by atoms with Crippen molar-refractivity contribution >= 4 is 23.5 Å². The Morgan fingerprint density at radius 1 is 1.03 bits per heavy atom. The van der Waals surface area contributed by atoms with Crippen LogP contribution in [-0.2, 0) is 25.6 Å². The maximum absolute atomic E-state index is 13.7. The van der Waals surface area contributed by atoms with E-state index in [0.717, 1.165) is 31.6 Å². The summed E-state index contributed by atoms with van der Waals surface area (Å²) in [5.74, 6) is -1.58. The molecular formula is C25H30FN3O5. The average molecular weight is 472 g/mol. The Hall–Kier alpha value is -3.46. The molecule has 8 nitrogen and oxygen atoms in total. The van der Waals surface area contributed by atoms with Crippen LogP contribution in [0.2, 0.25) is 0 Å². The minimum Gasteiger partial charge on any atom is -0.469 e. The Labute approximate surface area is 198 Å². The van der Waals surface area contributed by atoms with Gasteiger partial charge in [0.2, 0.25) is 0 Å². The Morgan fingerprint density at radius 3 is 2.32 bits per heavy atom. The third-order valence-electron chi connectivity index (χ3n) is 5.91. The van der Waals surface area contributed by atoms with Gasteiger partial charge in [-0.05, 0) is 43.2 Å². The lowest BCUT2D eigenvalue weighted by Crippen LogP contribution is -2.50. The highest BCUT2D eigenvalue weighted by Crippen LogP contribution is 2.21. The summed E-state index contributed by atoms with van der Waals surface area (Å²) in [6.07, 6.45) is 1.48. The second kappa shape index (κ2) is 12.1. The van der Waals surface area contributed by atoms with Gasteiger partial charge in [-0.3, -0.25) is 14.4 Å². The second-order valence-electron chi connectivity index (χ2n) is 8.10. The van der Waals surface area contributed by atoms with E-state index in [9.17, 15) is 18.8 Å². The van der Waals surface area contributed by atoms with Gasteiger partial charge in [0.05, 0.1) is 20.6 Å². The van der Waals surface area contributed by atoms with Crippen LogP contribution in [0.25, 0.3) is 0 Å². The van der Waals surface area contributed by atoms with E-state index in [4.69, 9.17) is 4.74 Å². The van der Waals surface area contributed by atoms with Gasteiger partial charge >= 0.3 is 11.9 Å². The highest BCUT2D eigenvalue weighted by atomic mass is 19.1. The number of nitrogens with zero attached hydrogens (tertiary/aromatic N) is 1. The standard InChI is InChI=1S/C25H30FN3O5/c1-33-23(30)15-22(25(32)34-2)28-19-11-13-29(14-12-19)20-9-7-17(8-10-20)24(31)27-16-18-5-3-4-6-21(18)26/h3-10,19,22,28H,11-16H2,1-2H3,(H,27,31)/t22-/m1/s1. The van der Waals surface area contributed by atoms with Crippen LogP contribution in [0.3, 0.4) is 0 Å². The molecule has 1 aliphatic rings. The van der Waals surface area contributed by atoms with Crippen LogP contribution >= 0.6 is 0 Å². The number of anilines is 1. The van der Waals surface area contributed by atoms with Gasteiger partial charge in [0.15, 0.2) is 0 Å². The SMILES string of the molecule is COC(=O)C[C@@H](NC1CCN(c2ccc(C(=O)NCc3ccccc3F)cc2)CC1)C(=O)OC. The van der Waals surface area contributed by atoms with Gasteiger partial charge in [-0.25, -0.2) is 4.39 Å². The van der Waals surface area contributed by atoms with Crippen molar-refractivity contribution in [2.24, 2.45) is 0 Å². The normalized spacial score (nSPS) is 14.9. The number of methoxy groups -OCH3 is 2. The number of carbonyl (C=O) groups is 3. The highest BCUT2D eigenvalue weighted by molar-refractivity contribution is 5.94. The zero-order chi connectivity index (χ0) is 24.5. The fourth-order valence-corrected chi connectivity index (χ4v) is 3.93. The van der Waals surface area contributed by atoms with Crippen molar-refractivity contribution in [3.8, 4) is 0 Å². The predicted octanol–water partition coefficient (Wildman–Crippen LogP) is 2.42. The first-order valence-electron chi connectivity index (χ1n) is 11.2. The van der Waals surface area contributed by atoms with Crippen LogP contribution in [0.1, 0.15) is 35.2 Å². The molecule has 182 valence electrons. The third kappa shape index (κ3) is 6.77. The van der Waals surface area contributed by atoms with E-state index in [1.165, 1.54) is 20.3 Å². The van der Waals surface area contributed by atoms with Crippen LogP contribution in [0.15, 0.2) is 48.5 Å². The molecule has 1 heterocycles. The van der Waals surface area contributed by atoms with Crippen molar-refractivity contribution in [1.82, 2.24) is 10.6 Å². The summed E-state index contributed by atoms with van der Waals surface area (Å²) in [6, 6.07) is 12.9. The van der Waals surface area contributed by atoms with Gasteiger partial charge < -0.3 is 25.0 Å². The van der Waals surface area contributed by atoms with Crippen LogP contribution in [0, 0.1) is 5.82 Å². The zero-order valence-electron chi connectivity index (χ0n) is 19.4. The quantitative estimate of drug-likeness (QED) is 0.542. The molecule has 9 heteroatoms. The van der Waals surface area contributed by atoms with E-state index in [2.05, 4.69) is 20.3 Å². The number of amides is 1. The number of carbonyl (C=O) groups excluding carboxylic acids is 3. The molecule has 0 aromatic heterocycles. The zero-order valence-corrected chi connectivity index (χ0v) is 19.4. The topological polar surface area (TPSA) is 97.0 Å². The number of rotatable bonds is 9. The monoisotopic (exact) mass is 471 g/mol. The fourth-order valence-electron chi connectivity index (χ4n) is 3.93. The Kier molecular flexibility index (Phi) is 8.98. The minimum absolute atomic E-state index is 0.0634. The lowest BCUT2D eigenvalue weighted by atomic mass is 10.0. The molecule has 1 aliphatic heterocycles. The number of hydrogen-bond donors (Lipinski definition) is 2. The molecule has 1 amide bonds. The Morgan fingerprint density at radius 2 is 1.71 bits per heavy atom. The van der Waals surface area contributed by atoms with Gasteiger partial charge in [-0.1, -0.05) is 18.2 Å². The number of benzene rings is 2. The van der Waals surface area contributed by atoms with Crippen molar-refractivity contribution < 1.29 is 28.2 Å². The third-order valence-corrected chi connectivity index (χ3v) is 5.91. The maximum atomic E-state index is 13.7. The lowest BCUT2D eigenvalue weighted by molar-refractivity contribution is -0.149. The second-order valence-corrected chi connectivity index (χ2v) is 8.10. The molecule has 2 N–H and O–H groups in total. The number of hydrogen-bond acceptors (Lipinski definition) is 7. The van der Waals surface area contributed by atoms with E-state index in [1.54, 1.807) is 30.3 Å². The Balaban J connectivity index is 1.50. The van der Waals surface area contributed by atoms with Gasteiger partial charge in [0.25, 0.3) is 5.91 Å². The molecule has 0 unspecified atom stereocenters. The van der Waals surface area contributed by atoms with E-state index in [1.807, 2.05) is 12.1 Å². The number of halogens is 1. The van der Waals surface area contributed by atoms with Gasteiger partial charge in [-0.2, -0.15) is 0 Å². The molecule has 0 saturated carbocycles. The van der Waals surface area contributed by atoms with E-state index in [-0.39, 0.29) is 30.7 Å². The van der Waals surface area contributed by atoms with Crippen molar-refractivity contribution in [3.05, 3.63) is 65.5 Å². The van der Waals surface area contributed by atoms with Crippen molar-refractivity contribution in [3.63, 3.8) is 0 Å². The van der Waals surface area contributed by atoms with Gasteiger partial charge in [0, 0.05) is 42.5 Å². The summed E-state index contributed by atoms with van der Waals surface area (Å²) < 4.78 is 23.2. The van der Waals surface area contributed by atoms with E-state index in [0.29, 0.717) is 11.1 Å². The summed E-state index contributed by atoms with van der Waals surface area (Å²) in [5.41, 5.74) is 1.92. The predicted molar refractivity (Wildman–Crippen MR) is 125 cm³/mol. The smallest absolute Gasteiger partial charge is 0.323 e. The molecule has 0 aliphatic carbocycles. The molecule has 1 saturated heterocycles. The van der Waals surface area contributed by atoms with E-state index < -0.39 is 18.0 Å². The fraction of sp³-hybridized carbons (Fsp3) is 0.400. The number of piperidine rings is 1. The van der Waals surface area contributed by atoms with Gasteiger partial charge in [-0.15, -0.1) is 0 Å². The summed E-state index contributed by atoms with van der Waals surface area (Å²) in [5, 5.41) is 5.96. The highest BCUT2D eigenvalue weighted by Gasteiger charge is 2.28. The summed E-state index contributed by atoms with van der Waals surface area (Å²) >= 11 is 0. The molecule has 2 aromatic rings. The summed E-state index contributed by atoms with van der Waals surface area (Å²) in [7, 11) is 2.58. The van der Waals surface area contributed by atoms with Crippen LogP contribution < -0.4 is 15.5 Å². The molecule has 1 fully saturated rings. The van der Waals surface area contributed by atoms with Crippen molar-refractivity contribution in [2.45, 2.75) is 37.9 Å². The molecule has 2 aromatic carbocycles. The maximum Gasteiger partial charge on any atom is 0.323 e. The first kappa shape index (κ1) is 25.2. The molecule has 0 radical (unpaired) electrons. The van der Waals surface area contributed by atoms with Crippen LogP contribution in [0.5, 0.6) is 0 Å². The van der Waals surface area contributed by atoms with Crippen LogP contribution in [-0.4, -0.2) is 57.2 Å². The first-order chi connectivity index (χ1) is 16.4. The lowest BCUT2D eigenvalue weighted by Gasteiger charge is -2.35. The molecule has 0 bridgehead atoms. The Bertz CT molecular complexity index is 990. The molecule has 1 atom stereocenters. The van der Waals surface area contributed by atoms with Gasteiger partial charge in [0.1, 0.15) is 11.9 Å². The number of nitrogens with one attached hydrogen (secondary N) is 2. The minimum atomic E-state index is -0.740. The average Bonchev–Trinajstić information content (AvgIpc) is 2.87. The van der Waals surface area contributed by atoms with Crippen molar-refractivity contribution in [1.29, 1.82) is 0 Å². The molecular weight excluding hydrogens is 441 g/mol. The molecule has 34 heavy (non-hydrogen) atoms. The summed E-state index contributed by atoms with van der Waals surface area (Å²) in [4.78, 5) is 38.2. The molecule has 3 rings (SSSR count). The number of ether oxygens (including phenoxy) is 2.